The monoisotopic (exact) mass is 879 g/mol. The van der Waals surface area contributed by atoms with Crippen molar-refractivity contribution in [2.75, 3.05) is 0 Å². The molecule has 0 saturated heterocycles. The highest BCUT2D eigenvalue weighted by Crippen LogP contribution is 2.47. The van der Waals surface area contributed by atoms with E-state index in [9.17, 15) is 0 Å². The van der Waals surface area contributed by atoms with Gasteiger partial charge in [-0.2, -0.15) is 0 Å². The molecule has 0 N–H and O–H groups in total. The van der Waals surface area contributed by atoms with Crippen LogP contribution in [0.25, 0.3) is 133 Å². The lowest BCUT2D eigenvalue weighted by atomic mass is 9.88. The van der Waals surface area contributed by atoms with Gasteiger partial charge in [0.2, 0.25) is 0 Å². The molecule has 0 unspecified atom stereocenters. The van der Waals surface area contributed by atoms with E-state index in [1.165, 1.54) is 0 Å². The quantitative estimate of drug-likeness (QED) is 0.143. The van der Waals surface area contributed by atoms with Crippen LogP contribution in [0.5, 0.6) is 0 Å². The van der Waals surface area contributed by atoms with Crippen LogP contribution >= 0.6 is 0 Å². The Labute approximate surface area is 399 Å². The highest BCUT2D eigenvalue weighted by atomic mass is 16.3. The Morgan fingerprint density at radius 1 is 0.261 bits per heavy atom. The minimum absolute atomic E-state index is 0.668. The van der Waals surface area contributed by atoms with Crippen molar-refractivity contribution in [2.24, 2.45) is 0 Å². The molecule has 0 spiro atoms. The van der Waals surface area contributed by atoms with Gasteiger partial charge in [0.05, 0.1) is 22.6 Å². The van der Waals surface area contributed by atoms with E-state index >= 15 is 0 Å². The largest absolute Gasteiger partial charge is 0.456 e. The summed E-state index contributed by atoms with van der Waals surface area (Å²) >= 11 is 0. The van der Waals surface area contributed by atoms with Crippen LogP contribution in [0.4, 0.5) is 0 Å². The van der Waals surface area contributed by atoms with Crippen LogP contribution in [-0.2, 0) is 0 Å². The van der Waals surface area contributed by atoms with Crippen LogP contribution in [-0.4, -0.2) is 15.0 Å². The molecule has 69 heavy (non-hydrogen) atoms. The molecule has 322 valence electrons. The van der Waals surface area contributed by atoms with Crippen LogP contribution in [0.3, 0.4) is 0 Å². The van der Waals surface area contributed by atoms with E-state index in [-0.39, 0.29) is 0 Å². The first-order chi connectivity index (χ1) is 34.2. The summed E-state index contributed by atoms with van der Waals surface area (Å²) in [6.45, 7) is 0. The van der Waals surface area contributed by atoms with Crippen molar-refractivity contribution in [3.63, 3.8) is 0 Å². The van der Waals surface area contributed by atoms with Gasteiger partial charge in [0.25, 0.3) is 0 Å². The fourth-order valence-corrected chi connectivity index (χ4v) is 9.96. The first-order valence-corrected chi connectivity index (χ1v) is 23.3. The highest BCUT2D eigenvalue weighted by Gasteiger charge is 2.22. The molecule has 3 heterocycles. The van der Waals surface area contributed by atoms with Gasteiger partial charge >= 0.3 is 0 Å². The third-order valence-electron chi connectivity index (χ3n) is 13.2. The summed E-state index contributed by atoms with van der Waals surface area (Å²) in [5.41, 5.74) is 18.2. The first-order valence-electron chi connectivity index (χ1n) is 23.3. The topological polar surface area (TPSA) is 51.8 Å². The number of benzene rings is 10. The van der Waals surface area contributed by atoms with Crippen molar-refractivity contribution in [2.45, 2.75) is 0 Å². The Morgan fingerprint density at radius 3 is 1.33 bits per heavy atom. The zero-order valence-electron chi connectivity index (χ0n) is 37.4. The average Bonchev–Trinajstić information content (AvgIpc) is 3.81. The average molecular weight is 880 g/mol. The summed E-state index contributed by atoms with van der Waals surface area (Å²) in [5, 5.41) is 5.47. The minimum atomic E-state index is 0.668. The second kappa shape index (κ2) is 16.9. The molecule has 0 aliphatic rings. The molecular weight excluding hydrogens is 839 g/mol. The lowest BCUT2D eigenvalue weighted by Gasteiger charge is -2.16. The Hall–Kier alpha value is -9.25. The molecule has 0 aliphatic heterocycles. The normalized spacial score (nSPS) is 11.5. The van der Waals surface area contributed by atoms with Gasteiger partial charge in [0.15, 0.2) is 5.82 Å². The Kier molecular flexibility index (Phi) is 9.80. The van der Waals surface area contributed by atoms with Gasteiger partial charge in [-0.05, 0) is 87.5 Å². The summed E-state index contributed by atoms with van der Waals surface area (Å²) in [7, 11) is 0. The van der Waals surface area contributed by atoms with Crippen LogP contribution in [0, 0.1) is 0 Å². The molecule has 0 aliphatic carbocycles. The van der Waals surface area contributed by atoms with Gasteiger partial charge in [-0.1, -0.05) is 200 Å². The third-order valence-corrected chi connectivity index (χ3v) is 13.2. The molecular formula is C65H41N3O. The van der Waals surface area contributed by atoms with Crippen molar-refractivity contribution in [1.29, 1.82) is 0 Å². The lowest BCUT2D eigenvalue weighted by Crippen LogP contribution is -1.96. The molecule has 0 fully saturated rings. The number of para-hydroxylation sites is 2. The molecule has 4 nitrogen and oxygen atoms in total. The van der Waals surface area contributed by atoms with E-state index in [1.807, 2.05) is 12.1 Å². The molecule has 3 aromatic heterocycles. The maximum absolute atomic E-state index is 6.71. The number of aromatic nitrogens is 3. The third kappa shape index (κ3) is 7.32. The number of hydrogen-bond acceptors (Lipinski definition) is 4. The SMILES string of the molecule is c1ccc(-c2cccc(-c3cc(-c4cccc(-c5cccc(-c6c7c(cc8c(-c9ccccc9)nc9ccccc9c68)oc6ccccc67)c5)c4)nc(-c4cccc(-c5ccccc5)c4)n3)c2)cc1. The van der Waals surface area contributed by atoms with Crippen molar-refractivity contribution >= 4 is 43.6 Å². The molecule has 0 radical (unpaired) electrons. The summed E-state index contributed by atoms with van der Waals surface area (Å²) in [6, 6.07) is 87.5. The van der Waals surface area contributed by atoms with Crippen LogP contribution < -0.4 is 0 Å². The minimum Gasteiger partial charge on any atom is -0.456 e. The number of hydrogen-bond donors (Lipinski definition) is 0. The summed E-state index contributed by atoms with van der Waals surface area (Å²) < 4.78 is 6.71. The van der Waals surface area contributed by atoms with Gasteiger partial charge in [-0.3, -0.25) is 0 Å². The maximum Gasteiger partial charge on any atom is 0.160 e. The van der Waals surface area contributed by atoms with Crippen LogP contribution in [0.2, 0.25) is 0 Å². The molecule has 13 aromatic rings. The fourth-order valence-electron chi connectivity index (χ4n) is 9.96. The van der Waals surface area contributed by atoms with Gasteiger partial charge in [-0.25, -0.2) is 15.0 Å². The molecule has 13 rings (SSSR count). The molecule has 10 aromatic carbocycles. The number of nitrogens with zero attached hydrogens (tertiary/aromatic N) is 3. The van der Waals surface area contributed by atoms with Crippen LogP contribution in [0.1, 0.15) is 0 Å². The Balaban J connectivity index is 0.987. The van der Waals surface area contributed by atoms with Gasteiger partial charge in [0.1, 0.15) is 11.2 Å². The van der Waals surface area contributed by atoms with Gasteiger partial charge < -0.3 is 4.42 Å². The molecule has 4 heteroatoms. The van der Waals surface area contributed by atoms with Crippen molar-refractivity contribution in [1.82, 2.24) is 15.0 Å². The van der Waals surface area contributed by atoms with Crippen molar-refractivity contribution in [3.8, 4) is 89.7 Å². The van der Waals surface area contributed by atoms with Crippen LogP contribution in [0.15, 0.2) is 253 Å². The van der Waals surface area contributed by atoms with Crippen molar-refractivity contribution in [3.05, 3.63) is 249 Å². The van der Waals surface area contributed by atoms with E-state index in [4.69, 9.17) is 19.4 Å². The number of fused-ring (bicyclic) bond motifs is 6. The van der Waals surface area contributed by atoms with E-state index in [0.29, 0.717) is 5.82 Å². The second-order valence-electron chi connectivity index (χ2n) is 17.5. The fraction of sp³-hybridized carbons (Fsp3) is 0. The standard InChI is InChI=1S/C65H41N3O/c1-4-18-42(19-5-1)45-24-14-28-49(36-45)57-41-58(68-65(67-57)52-31-17-25-46(39-52)43-20-6-2-7-21-43)50-29-15-26-47(37-50)48-27-16-30-51(38-48)61-62-53-32-10-12-34-56(53)66-64(44-22-8-3-9-23-44)55(62)40-60-63(61)54-33-11-13-35-59(54)69-60/h1-41H. The van der Waals surface area contributed by atoms with E-state index in [0.717, 1.165) is 127 Å². The van der Waals surface area contributed by atoms with E-state index < -0.39 is 0 Å². The predicted molar refractivity (Wildman–Crippen MR) is 286 cm³/mol. The number of pyridine rings is 1. The first kappa shape index (κ1) is 40.1. The highest BCUT2D eigenvalue weighted by molar-refractivity contribution is 6.27. The molecule has 0 bridgehead atoms. The second-order valence-corrected chi connectivity index (χ2v) is 17.5. The summed E-state index contributed by atoms with van der Waals surface area (Å²) in [5.74, 6) is 0.668. The van der Waals surface area contributed by atoms with E-state index in [1.54, 1.807) is 0 Å². The van der Waals surface area contributed by atoms with Gasteiger partial charge in [0, 0.05) is 54.7 Å². The smallest absolute Gasteiger partial charge is 0.160 e. The molecule has 0 saturated carbocycles. The lowest BCUT2D eigenvalue weighted by molar-refractivity contribution is 0.669. The Bertz CT molecular complexity index is 3970. The Morgan fingerprint density at radius 2 is 0.710 bits per heavy atom. The molecule has 0 atom stereocenters. The van der Waals surface area contributed by atoms with E-state index in [2.05, 4.69) is 237 Å². The van der Waals surface area contributed by atoms with Crippen molar-refractivity contribution < 1.29 is 4.42 Å². The number of rotatable bonds is 8. The summed E-state index contributed by atoms with van der Waals surface area (Å²) in [4.78, 5) is 15.9. The number of furan rings is 1. The predicted octanol–water partition coefficient (Wildman–Crippen LogP) is 17.4. The zero-order valence-corrected chi connectivity index (χ0v) is 37.4. The summed E-state index contributed by atoms with van der Waals surface area (Å²) in [6.07, 6.45) is 0. The molecule has 0 amide bonds. The zero-order chi connectivity index (χ0) is 45.7. The maximum atomic E-state index is 6.71. The van der Waals surface area contributed by atoms with Gasteiger partial charge in [-0.15, -0.1) is 0 Å².